The first-order chi connectivity index (χ1) is 7.38. The van der Waals surface area contributed by atoms with Crippen LogP contribution >= 0.6 is 0 Å². The van der Waals surface area contributed by atoms with Crippen LogP contribution in [0.1, 0.15) is 44.9 Å². The van der Waals surface area contributed by atoms with Gasteiger partial charge in [-0.1, -0.05) is 19.3 Å². The molecule has 2 aliphatic rings. The molecule has 0 atom stereocenters. The minimum Gasteiger partial charge on any atom is -0.356 e. The van der Waals surface area contributed by atoms with Gasteiger partial charge in [0.15, 0.2) is 5.96 Å². The summed E-state index contributed by atoms with van der Waals surface area (Å²) >= 11 is 0. The largest absolute Gasteiger partial charge is 0.356 e. The molecule has 0 aromatic heterocycles. The molecule has 86 valence electrons. The monoisotopic (exact) mass is 209 g/mol. The fourth-order valence-electron chi connectivity index (χ4n) is 2.20. The SMILES string of the molecule is CN=C(NCC1CC1)NC1CCCCC1. The summed E-state index contributed by atoms with van der Waals surface area (Å²) in [4.78, 5) is 4.28. The van der Waals surface area contributed by atoms with Crippen molar-refractivity contribution in [3.63, 3.8) is 0 Å². The summed E-state index contributed by atoms with van der Waals surface area (Å²) in [5.41, 5.74) is 0. The van der Waals surface area contributed by atoms with Crippen LogP contribution in [0.3, 0.4) is 0 Å². The zero-order valence-electron chi connectivity index (χ0n) is 9.76. The zero-order valence-corrected chi connectivity index (χ0v) is 9.76. The molecule has 2 fully saturated rings. The molecule has 0 aliphatic heterocycles. The highest BCUT2D eigenvalue weighted by Crippen LogP contribution is 2.27. The van der Waals surface area contributed by atoms with Gasteiger partial charge < -0.3 is 10.6 Å². The average Bonchev–Trinajstić information content (AvgIpc) is 3.09. The van der Waals surface area contributed by atoms with Crippen molar-refractivity contribution in [3.8, 4) is 0 Å². The van der Waals surface area contributed by atoms with Crippen LogP contribution in [-0.4, -0.2) is 25.6 Å². The quantitative estimate of drug-likeness (QED) is 0.550. The highest BCUT2D eigenvalue weighted by Gasteiger charge is 2.21. The maximum absolute atomic E-state index is 4.28. The van der Waals surface area contributed by atoms with Gasteiger partial charge in [-0.3, -0.25) is 4.99 Å². The van der Waals surface area contributed by atoms with E-state index in [1.807, 2.05) is 7.05 Å². The molecule has 0 aromatic carbocycles. The minimum absolute atomic E-state index is 0.657. The molecule has 0 aromatic rings. The molecule has 2 N–H and O–H groups in total. The zero-order chi connectivity index (χ0) is 10.5. The Hall–Kier alpha value is -0.730. The molecule has 3 nitrogen and oxygen atoms in total. The standard InChI is InChI=1S/C12H23N3/c1-13-12(14-9-10-7-8-10)15-11-5-3-2-4-6-11/h10-11H,2-9H2,1H3,(H2,13,14,15). The van der Waals surface area contributed by atoms with E-state index in [4.69, 9.17) is 0 Å². The van der Waals surface area contributed by atoms with Crippen molar-refractivity contribution < 1.29 is 0 Å². The first kappa shape index (κ1) is 10.8. The maximum atomic E-state index is 4.28. The van der Waals surface area contributed by atoms with Crippen LogP contribution in [0.15, 0.2) is 4.99 Å². The van der Waals surface area contributed by atoms with E-state index in [1.54, 1.807) is 0 Å². The second kappa shape index (κ2) is 5.38. The lowest BCUT2D eigenvalue weighted by Gasteiger charge is -2.24. The van der Waals surface area contributed by atoms with Gasteiger partial charge in [-0.2, -0.15) is 0 Å². The Balaban J connectivity index is 1.68. The third-order valence-corrected chi connectivity index (χ3v) is 3.42. The second-order valence-electron chi connectivity index (χ2n) is 4.88. The van der Waals surface area contributed by atoms with Crippen molar-refractivity contribution in [2.45, 2.75) is 51.0 Å². The number of hydrogen-bond acceptors (Lipinski definition) is 1. The van der Waals surface area contributed by atoms with Crippen molar-refractivity contribution in [1.82, 2.24) is 10.6 Å². The fourth-order valence-corrected chi connectivity index (χ4v) is 2.20. The molecule has 0 unspecified atom stereocenters. The Bertz CT molecular complexity index is 215. The molecule has 15 heavy (non-hydrogen) atoms. The smallest absolute Gasteiger partial charge is 0.191 e. The van der Waals surface area contributed by atoms with Gasteiger partial charge in [0.05, 0.1) is 0 Å². The van der Waals surface area contributed by atoms with Crippen molar-refractivity contribution in [3.05, 3.63) is 0 Å². The van der Waals surface area contributed by atoms with Crippen LogP contribution in [0.2, 0.25) is 0 Å². The summed E-state index contributed by atoms with van der Waals surface area (Å²) in [5.74, 6) is 1.92. The highest BCUT2D eigenvalue weighted by molar-refractivity contribution is 5.79. The Morgan fingerprint density at radius 3 is 2.47 bits per heavy atom. The Labute approximate surface area is 92.7 Å². The predicted molar refractivity (Wildman–Crippen MR) is 64.1 cm³/mol. The van der Waals surface area contributed by atoms with E-state index in [1.165, 1.54) is 44.9 Å². The van der Waals surface area contributed by atoms with Crippen molar-refractivity contribution >= 4 is 5.96 Å². The van der Waals surface area contributed by atoms with Gasteiger partial charge >= 0.3 is 0 Å². The van der Waals surface area contributed by atoms with Gasteiger partial charge in [0.1, 0.15) is 0 Å². The summed E-state index contributed by atoms with van der Waals surface area (Å²) in [6.45, 7) is 1.10. The number of nitrogens with one attached hydrogen (secondary N) is 2. The summed E-state index contributed by atoms with van der Waals surface area (Å²) in [7, 11) is 1.87. The van der Waals surface area contributed by atoms with Crippen molar-refractivity contribution in [1.29, 1.82) is 0 Å². The predicted octanol–water partition coefficient (Wildman–Crippen LogP) is 1.89. The van der Waals surface area contributed by atoms with Gasteiger partial charge in [0, 0.05) is 19.6 Å². The minimum atomic E-state index is 0.657. The molecule has 0 bridgehead atoms. The van der Waals surface area contributed by atoms with E-state index < -0.39 is 0 Å². The number of hydrogen-bond donors (Lipinski definition) is 2. The van der Waals surface area contributed by atoms with Gasteiger partial charge in [-0.05, 0) is 31.6 Å². The van der Waals surface area contributed by atoms with Crippen molar-refractivity contribution in [2.24, 2.45) is 10.9 Å². The Kier molecular flexibility index (Phi) is 3.87. The topological polar surface area (TPSA) is 36.4 Å². The second-order valence-corrected chi connectivity index (χ2v) is 4.88. The molecular formula is C12H23N3. The molecule has 2 rings (SSSR count). The van der Waals surface area contributed by atoms with E-state index in [2.05, 4.69) is 15.6 Å². The van der Waals surface area contributed by atoms with Gasteiger partial charge in [0.2, 0.25) is 0 Å². The fraction of sp³-hybridized carbons (Fsp3) is 0.917. The van der Waals surface area contributed by atoms with Crippen LogP contribution in [0.5, 0.6) is 0 Å². The number of nitrogens with zero attached hydrogens (tertiary/aromatic N) is 1. The molecule has 0 amide bonds. The molecule has 0 saturated heterocycles. The van der Waals surface area contributed by atoms with E-state index in [0.29, 0.717) is 6.04 Å². The lowest BCUT2D eigenvalue weighted by atomic mass is 9.96. The van der Waals surface area contributed by atoms with E-state index in [-0.39, 0.29) is 0 Å². The van der Waals surface area contributed by atoms with Crippen LogP contribution in [0.4, 0.5) is 0 Å². The summed E-state index contributed by atoms with van der Waals surface area (Å²) in [6.07, 6.45) is 9.57. The molecule has 2 saturated carbocycles. The first-order valence-electron chi connectivity index (χ1n) is 6.35. The lowest BCUT2D eigenvalue weighted by Crippen LogP contribution is -2.44. The molecule has 0 heterocycles. The number of rotatable bonds is 3. The van der Waals surface area contributed by atoms with Crippen LogP contribution in [0.25, 0.3) is 0 Å². The van der Waals surface area contributed by atoms with Crippen LogP contribution in [0, 0.1) is 5.92 Å². The molecule has 0 radical (unpaired) electrons. The average molecular weight is 209 g/mol. The van der Waals surface area contributed by atoms with Gasteiger partial charge in [-0.25, -0.2) is 0 Å². The van der Waals surface area contributed by atoms with E-state index in [9.17, 15) is 0 Å². The Morgan fingerprint density at radius 1 is 1.13 bits per heavy atom. The summed E-state index contributed by atoms with van der Waals surface area (Å²) < 4.78 is 0. The number of guanidine groups is 1. The first-order valence-corrected chi connectivity index (χ1v) is 6.35. The summed E-state index contributed by atoms with van der Waals surface area (Å²) in [6, 6.07) is 0.657. The summed E-state index contributed by atoms with van der Waals surface area (Å²) in [5, 5.41) is 6.95. The third-order valence-electron chi connectivity index (χ3n) is 3.42. The molecule has 0 spiro atoms. The normalized spacial score (nSPS) is 23.9. The van der Waals surface area contributed by atoms with Crippen molar-refractivity contribution in [2.75, 3.05) is 13.6 Å². The number of aliphatic imine (C=N–C) groups is 1. The maximum Gasteiger partial charge on any atom is 0.191 e. The highest BCUT2D eigenvalue weighted by atomic mass is 15.2. The molecule has 2 aliphatic carbocycles. The van der Waals surface area contributed by atoms with Gasteiger partial charge in [0.25, 0.3) is 0 Å². The van der Waals surface area contributed by atoms with Crippen LogP contribution < -0.4 is 10.6 Å². The molecular weight excluding hydrogens is 186 g/mol. The molecule has 3 heteroatoms. The van der Waals surface area contributed by atoms with E-state index >= 15 is 0 Å². The lowest BCUT2D eigenvalue weighted by molar-refractivity contribution is 0.410. The van der Waals surface area contributed by atoms with Crippen LogP contribution in [-0.2, 0) is 0 Å². The Morgan fingerprint density at radius 2 is 1.87 bits per heavy atom. The van der Waals surface area contributed by atoms with E-state index in [0.717, 1.165) is 18.4 Å². The third kappa shape index (κ3) is 3.73. The van der Waals surface area contributed by atoms with Gasteiger partial charge in [-0.15, -0.1) is 0 Å².